The summed E-state index contributed by atoms with van der Waals surface area (Å²) in [4.78, 5) is 7.22. The van der Waals surface area contributed by atoms with E-state index in [9.17, 15) is 0 Å². The van der Waals surface area contributed by atoms with Gasteiger partial charge in [-0.2, -0.15) is 0 Å². The second-order valence-electron chi connectivity index (χ2n) is 6.06. The summed E-state index contributed by atoms with van der Waals surface area (Å²) in [6.07, 6.45) is 6.52. The third kappa shape index (κ3) is 2.45. The lowest BCUT2D eigenvalue weighted by molar-refractivity contribution is 0.169. The lowest BCUT2D eigenvalue weighted by Crippen LogP contribution is -2.38. The van der Waals surface area contributed by atoms with Crippen molar-refractivity contribution in [2.75, 3.05) is 13.1 Å². The van der Waals surface area contributed by atoms with Crippen LogP contribution in [0.1, 0.15) is 44.0 Å². The molecule has 4 nitrogen and oxygen atoms in total. The molecule has 1 saturated heterocycles. The van der Waals surface area contributed by atoms with Crippen LogP contribution in [0.3, 0.4) is 0 Å². The molecule has 2 aromatic heterocycles. The summed E-state index contributed by atoms with van der Waals surface area (Å²) in [7, 11) is 0. The van der Waals surface area contributed by atoms with E-state index >= 15 is 0 Å². The fourth-order valence-electron chi connectivity index (χ4n) is 3.15. The van der Waals surface area contributed by atoms with E-state index in [1.807, 2.05) is 6.20 Å². The normalized spacial score (nSPS) is 18.2. The Bertz CT molecular complexity index is 579. The van der Waals surface area contributed by atoms with Gasteiger partial charge in [0, 0.05) is 24.7 Å². The van der Waals surface area contributed by atoms with Crippen molar-refractivity contribution < 1.29 is 0 Å². The zero-order chi connectivity index (χ0) is 14.1. The number of nitrogens with zero attached hydrogens (tertiary/aromatic N) is 3. The minimum absolute atomic E-state index is 0.570. The van der Waals surface area contributed by atoms with Crippen molar-refractivity contribution in [3.05, 3.63) is 35.9 Å². The van der Waals surface area contributed by atoms with Crippen LogP contribution in [0.4, 0.5) is 0 Å². The largest absolute Gasteiger partial charge is 0.326 e. The summed E-state index contributed by atoms with van der Waals surface area (Å²) in [6.45, 7) is 7.48. The van der Waals surface area contributed by atoms with Crippen molar-refractivity contribution in [3.63, 3.8) is 0 Å². The molecule has 1 fully saturated rings. The quantitative estimate of drug-likeness (QED) is 0.933. The molecular formula is C16H24N4. The average Bonchev–Trinajstić information content (AvgIpc) is 2.90. The maximum absolute atomic E-state index is 5.75. The van der Waals surface area contributed by atoms with Crippen LogP contribution in [0.15, 0.2) is 24.5 Å². The summed E-state index contributed by atoms with van der Waals surface area (Å²) in [6, 6.07) is 4.85. The molecule has 0 aromatic carbocycles. The van der Waals surface area contributed by atoms with Gasteiger partial charge in [0.05, 0.1) is 11.7 Å². The van der Waals surface area contributed by atoms with E-state index in [1.54, 1.807) is 0 Å². The maximum Gasteiger partial charge on any atom is 0.116 e. The molecule has 0 amide bonds. The van der Waals surface area contributed by atoms with Crippen molar-refractivity contribution in [1.29, 1.82) is 0 Å². The second-order valence-corrected chi connectivity index (χ2v) is 6.06. The first-order valence-electron chi connectivity index (χ1n) is 7.59. The Morgan fingerprint density at radius 3 is 2.70 bits per heavy atom. The fourth-order valence-corrected chi connectivity index (χ4v) is 3.15. The molecule has 3 rings (SSSR count). The Labute approximate surface area is 120 Å². The smallest absolute Gasteiger partial charge is 0.116 e. The first kappa shape index (κ1) is 13.6. The Hall–Kier alpha value is -1.39. The van der Waals surface area contributed by atoms with Crippen LogP contribution in [0.2, 0.25) is 0 Å². The molecule has 1 aliphatic heterocycles. The molecule has 2 N–H and O–H groups in total. The molecule has 0 saturated carbocycles. The molecule has 0 unspecified atom stereocenters. The van der Waals surface area contributed by atoms with Crippen LogP contribution in [0.25, 0.3) is 5.52 Å². The summed E-state index contributed by atoms with van der Waals surface area (Å²) in [5.41, 5.74) is 8.08. The van der Waals surface area contributed by atoms with Gasteiger partial charge in [0.15, 0.2) is 0 Å². The number of piperidine rings is 1. The summed E-state index contributed by atoms with van der Waals surface area (Å²) in [5.74, 6) is 1.78. The first-order chi connectivity index (χ1) is 9.69. The van der Waals surface area contributed by atoms with Crippen molar-refractivity contribution in [2.45, 2.75) is 45.2 Å². The number of imidazole rings is 1. The van der Waals surface area contributed by atoms with E-state index in [0.717, 1.165) is 5.56 Å². The monoisotopic (exact) mass is 272 g/mol. The van der Waals surface area contributed by atoms with Gasteiger partial charge in [0.1, 0.15) is 5.82 Å². The maximum atomic E-state index is 5.75. The number of nitrogens with two attached hydrogens (primary N) is 1. The molecule has 0 bridgehead atoms. The summed E-state index contributed by atoms with van der Waals surface area (Å²) >= 11 is 0. The number of hydrogen-bond donors (Lipinski definition) is 1. The zero-order valence-electron chi connectivity index (χ0n) is 12.4. The van der Waals surface area contributed by atoms with Gasteiger partial charge >= 0.3 is 0 Å². The Kier molecular flexibility index (Phi) is 3.76. The standard InChI is InChI=1S/C16H24N4/c1-12(2)19-7-5-14(6-8-19)16-18-10-15-4-3-13(9-17)11-20(15)16/h3-4,10-12,14H,5-9,17H2,1-2H3. The molecule has 3 heterocycles. The summed E-state index contributed by atoms with van der Waals surface area (Å²) in [5, 5.41) is 0. The molecule has 2 aromatic rings. The molecule has 0 radical (unpaired) electrons. The van der Waals surface area contributed by atoms with E-state index in [0.29, 0.717) is 18.5 Å². The van der Waals surface area contributed by atoms with Gasteiger partial charge in [-0.1, -0.05) is 6.07 Å². The van der Waals surface area contributed by atoms with Crippen LogP contribution in [-0.4, -0.2) is 33.4 Å². The molecular weight excluding hydrogens is 248 g/mol. The number of rotatable bonds is 3. The van der Waals surface area contributed by atoms with E-state index in [2.05, 4.69) is 46.5 Å². The second kappa shape index (κ2) is 5.54. The Morgan fingerprint density at radius 2 is 2.05 bits per heavy atom. The zero-order valence-corrected chi connectivity index (χ0v) is 12.4. The molecule has 0 spiro atoms. The number of pyridine rings is 1. The average molecular weight is 272 g/mol. The highest BCUT2D eigenvalue weighted by Crippen LogP contribution is 2.28. The summed E-state index contributed by atoms with van der Waals surface area (Å²) < 4.78 is 2.23. The van der Waals surface area contributed by atoms with Gasteiger partial charge in [-0.3, -0.25) is 0 Å². The molecule has 1 aliphatic rings. The van der Waals surface area contributed by atoms with Crippen molar-refractivity contribution in [3.8, 4) is 0 Å². The first-order valence-corrected chi connectivity index (χ1v) is 7.59. The molecule has 0 aliphatic carbocycles. The minimum atomic E-state index is 0.570. The predicted molar refractivity (Wildman–Crippen MR) is 81.8 cm³/mol. The number of aromatic nitrogens is 2. The van der Waals surface area contributed by atoms with Gasteiger partial charge < -0.3 is 15.0 Å². The highest BCUT2D eigenvalue weighted by atomic mass is 15.2. The van der Waals surface area contributed by atoms with Crippen LogP contribution in [0, 0.1) is 0 Å². The molecule has 108 valence electrons. The van der Waals surface area contributed by atoms with Gasteiger partial charge in [-0.15, -0.1) is 0 Å². The SMILES string of the molecule is CC(C)N1CCC(c2ncc3ccc(CN)cn23)CC1. The Morgan fingerprint density at radius 1 is 1.30 bits per heavy atom. The predicted octanol–water partition coefficient (Wildman–Crippen LogP) is 2.38. The van der Waals surface area contributed by atoms with Gasteiger partial charge in [0.2, 0.25) is 0 Å². The van der Waals surface area contributed by atoms with E-state index in [1.165, 1.54) is 37.3 Å². The van der Waals surface area contributed by atoms with Crippen molar-refractivity contribution in [1.82, 2.24) is 14.3 Å². The highest BCUT2D eigenvalue weighted by molar-refractivity contribution is 5.47. The van der Waals surface area contributed by atoms with Gasteiger partial charge in [-0.25, -0.2) is 4.98 Å². The van der Waals surface area contributed by atoms with E-state index < -0.39 is 0 Å². The van der Waals surface area contributed by atoms with E-state index in [4.69, 9.17) is 5.73 Å². The van der Waals surface area contributed by atoms with Crippen LogP contribution in [-0.2, 0) is 6.54 Å². The van der Waals surface area contributed by atoms with Crippen LogP contribution < -0.4 is 5.73 Å². The molecule has 0 atom stereocenters. The lowest BCUT2D eigenvalue weighted by atomic mass is 9.95. The van der Waals surface area contributed by atoms with Crippen molar-refractivity contribution in [2.24, 2.45) is 5.73 Å². The van der Waals surface area contributed by atoms with Gasteiger partial charge in [0.25, 0.3) is 0 Å². The molecule has 20 heavy (non-hydrogen) atoms. The number of hydrogen-bond acceptors (Lipinski definition) is 3. The topological polar surface area (TPSA) is 46.6 Å². The van der Waals surface area contributed by atoms with Crippen molar-refractivity contribution >= 4 is 5.52 Å². The van der Waals surface area contributed by atoms with Crippen LogP contribution in [0.5, 0.6) is 0 Å². The van der Waals surface area contributed by atoms with E-state index in [-0.39, 0.29) is 0 Å². The lowest BCUT2D eigenvalue weighted by Gasteiger charge is -2.34. The highest BCUT2D eigenvalue weighted by Gasteiger charge is 2.24. The van der Waals surface area contributed by atoms with Crippen LogP contribution >= 0.6 is 0 Å². The molecule has 4 heteroatoms. The Balaban J connectivity index is 1.84. The van der Waals surface area contributed by atoms with Gasteiger partial charge in [-0.05, 0) is 51.4 Å². The third-order valence-electron chi connectivity index (χ3n) is 4.48. The number of likely N-dealkylation sites (tertiary alicyclic amines) is 1. The third-order valence-corrected chi connectivity index (χ3v) is 4.48. The minimum Gasteiger partial charge on any atom is -0.326 e. The number of fused-ring (bicyclic) bond motifs is 1. The fraction of sp³-hybridized carbons (Fsp3) is 0.562.